The van der Waals surface area contributed by atoms with Crippen molar-refractivity contribution < 1.29 is 43.7 Å². The van der Waals surface area contributed by atoms with E-state index in [9.17, 15) is 49.0 Å². The lowest BCUT2D eigenvalue weighted by atomic mass is 10.0. The van der Waals surface area contributed by atoms with Gasteiger partial charge in [0, 0.05) is 88.3 Å². The Balaban J connectivity index is 0.000000169. The second-order valence-electron chi connectivity index (χ2n) is 21.0. The summed E-state index contributed by atoms with van der Waals surface area (Å²) in [5, 5.41) is 45.8. The smallest absolute Gasteiger partial charge is 0.363 e. The number of nitrogen functional groups attached to an aromatic ring is 1. The first-order valence-electron chi connectivity index (χ1n) is 29.4. The van der Waals surface area contributed by atoms with Gasteiger partial charge < -0.3 is 77.7 Å². The third-order valence-electron chi connectivity index (χ3n) is 13.8. The van der Waals surface area contributed by atoms with Gasteiger partial charge in [-0.05, 0) is 144 Å². The van der Waals surface area contributed by atoms with Crippen molar-refractivity contribution in [1.29, 1.82) is 0 Å². The second kappa shape index (κ2) is 35.9. The van der Waals surface area contributed by atoms with Crippen LogP contribution in [0.15, 0.2) is 163 Å². The zero-order chi connectivity index (χ0) is 67.4. The predicted octanol–water partition coefficient (Wildman–Crippen LogP) is 5.24. The van der Waals surface area contributed by atoms with Crippen molar-refractivity contribution in [2.45, 2.75) is 26.7 Å². The van der Waals surface area contributed by atoms with Crippen molar-refractivity contribution in [2.75, 3.05) is 104 Å². The fourth-order valence-corrected chi connectivity index (χ4v) is 9.37. The number of carbonyl (C=O) groups is 6. The van der Waals surface area contributed by atoms with Gasteiger partial charge in [0.15, 0.2) is 12.4 Å². The number of nitro groups is 2. The molecule has 0 unspecified atom stereocenters. The van der Waals surface area contributed by atoms with Gasteiger partial charge in [0.05, 0.1) is 72.9 Å². The monoisotopic (exact) mass is 1340 g/mol. The molecule has 4 saturated heterocycles. The Kier molecular flexibility index (Phi) is 26.7. The highest BCUT2D eigenvalue weighted by molar-refractivity contribution is 9.10. The van der Waals surface area contributed by atoms with E-state index in [4.69, 9.17) is 10.8 Å². The highest BCUT2D eigenvalue weighted by Gasteiger charge is 2.20. The zero-order valence-corrected chi connectivity index (χ0v) is 52.9. The third-order valence-corrected chi connectivity index (χ3v) is 14.3. The Morgan fingerprint density at radius 2 is 0.979 bits per heavy atom. The van der Waals surface area contributed by atoms with Crippen LogP contribution in [0.5, 0.6) is 0 Å². The van der Waals surface area contributed by atoms with Crippen LogP contribution in [0.3, 0.4) is 0 Å². The molecule has 4 fully saturated rings. The average Bonchev–Trinajstić information content (AvgIpc) is 1.12. The molecule has 94 heavy (non-hydrogen) atoms. The molecule has 5 amide bonds. The topological polar surface area (TPSA) is 394 Å². The first-order valence-corrected chi connectivity index (χ1v) is 30.1. The molecule has 4 aliphatic rings. The zero-order valence-electron chi connectivity index (χ0n) is 51.3. The Labute approximate surface area is 548 Å². The predicted molar refractivity (Wildman–Crippen MR) is 356 cm³/mol. The number of rotatable bonds is 12. The molecular formula is C64H69BrN18O11. The number of nitrogens with zero attached hydrogens (tertiary/aromatic N) is 11. The Morgan fingerprint density at radius 3 is 1.34 bits per heavy atom. The molecule has 0 spiro atoms. The van der Waals surface area contributed by atoms with Crippen LogP contribution in [-0.2, 0) is 41.6 Å². The molecule has 0 radical (unpaired) electrons. The first-order chi connectivity index (χ1) is 45.2. The van der Waals surface area contributed by atoms with E-state index in [0.29, 0.717) is 57.4 Å². The molecule has 0 saturated carbocycles. The lowest BCUT2D eigenvalue weighted by molar-refractivity contribution is -0.389. The number of anilines is 5. The van der Waals surface area contributed by atoms with Gasteiger partial charge in [0.2, 0.25) is 29.5 Å². The van der Waals surface area contributed by atoms with Crippen molar-refractivity contribution in [2.24, 2.45) is 0 Å². The Bertz CT molecular complexity index is 3850. The van der Waals surface area contributed by atoms with E-state index in [1.807, 2.05) is 113 Å². The Hall–Kier alpha value is -11.4. The molecule has 29 nitrogen and oxygen atoms in total. The summed E-state index contributed by atoms with van der Waals surface area (Å²) < 4.78 is 0.734. The van der Waals surface area contributed by atoms with E-state index in [0.717, 1.165) is 92.5 Å². The summed E-state index contributed by atoms with van der Waals surface area (Å²) in [7, 11) is 0. The lowest BCUT2D eigenvalue weighted by Gasteiger charge is -2.28. The molecule has 10 heterocycles. The molecule has 4 aliphatic heterocycles. The summed E-state index contributed by atoms with van der Waals surface area (Å²) in [6.07, 6.45) is 10.1. The summed E-state index contributed by atoms with van der Waals surface area (Å²) in [6.45, 7) is 11.2. The number of piperazine rings is 4. The van der Waals surface area contributed by atoms with Crippen LogP contribution in [0.1, 0.15) is 22.5 Å². The maximum atomic E-state index is 12.4. The maximum absolute atomic E-state index is 12.4. The minimum atomic E-state index is -0.808. The van der Waals surface area contributed by atoms with Gasteiger partial charge in [-0.15, -0.1) is 0 Å². The number of aromatic nitrogens is 6. The van der Waals surface area contributed by atoms with Gasteiger partial charge in [-0.1, -0.05) is 48.5 Å². The number of pyridine rings is 6. The summed E-state index contributed by atoms with van der Waals surface area (Å²) in [5.41, 5.74) is 16.0. The van der Waals surface area contributed by atoms with Crippen molar-refractivity contribution in [3.8, 4) is 22.3 Å². The van der Waals surface area contributed by atoms with Crippen LogP contribution in [0.25, 0.3) is 22.3 Å². The van der Waals surface area contributed by atoms with Gasteiger partial charge in [0.25, 0.3) is 0 Å². The quantitative estimate of drug-likeness (QED) is 0.0572. The van der Waals surface area contributed by atoms with Crippen LogP contribution >= 0.6 is 15.9 Å². The number of carboxylic acid groups (broad SMARTS) is 1. The number of carbonyl (C=O) groups excluding carboxylic acids is 5. The SMILES string of the molecule is Cc1cc(-c2ccc(CC(=O)Nc3ccc(N4CCNC(=O)C4)cn3)cc2)ccn1.Cc1cc(-c2ccc(CC(=O)O)cc2)ccn1.Nc1ccc(N2CCNC(=O)C2)cn1.O=C1CN(c2ccc([N+](=O)[O-])nc2)CCN1.O=C1CNCCN1.O=[N+]([O-])c1ccc(Br)cn1. The number of amides is 5. The van der Waals surface area contributed by atoms with Gasteiger partial charge in [-0.3, -0.25) is 38.7 Å². The third kappa shape index (κ3) is 23.8. The number of carboxylic acids is 1. The summed E-state index contributed by atoms with van der Waals surface area (Å²) >= 11 is 3.11. The maximum Gasteiger partial charge on any atom is 0.363 e. The number of aliphatic carboxylic acids is 1. The highest BCUT2D eigenvalue weighted by atomic mass is 79.9. The fourth-order valence-electron chi connectivity index (χ4n) is 9.14. The number of hydrogen-bond acceptors (Lipinski definition) is 21. The number of halogens is 1. The van der Waals surface area contributed by atoms with Crippen LogP contribution in [0.2, 0.25) is 0 Å². The number of aryl methyl sites for hydroxylation is 2. The number of nitrogens with two attached hydrogens (primary N) is 1. The van der Waals surface area contributed by atoms with Crippen LogP contribution in [-0.4, -0.2) is 159 Å². The standard InChI is InChI=1S/C23H23N5O2.C14H13NO2.C9H10N4O3.C9H12N4O.C5H3BrN2O2.C4H8N2O/c1-16-12-19(8-9-24-16)18-4-2-17(3-5-18)13-22(29)27-21-7-6-20(14-26-21)28-11-10-25-23(30)15-28;1-10-8-13(6-7-15-10)12-4-2-11(3-5-12)9-14(16)17;14-9-6-12(4-3-10-9)7-1-2-8(11-5-7)13(15)16;10-8-2-1-7(5-12-8)13-4-3-11-9(14)6-13;6-4-1-2-5(7-3-4)8(9)10;7-4-3-5-1-2-6-4/h2-9,12,14H,10-11,13,15H2,1H3,(H,25,30)(H,26,27,29);2-8H,9H2,1H3,(H,16,17);1-2,5H,3-4,6H2,(H,10,14);1-2,5H,3-4,6H2,(H2,10,12)(H,11,14);1-3H;5H,1-3H2,(H,6,7). The van der Waals surface area contributed by atoms with Crippen molar-refractivity contribution >= 4 is 91.8 Å². The van der Waals surface area contributed by atoms with Crippen molar-refractivity contribution in [3.63, 3.8) is 0 Å². The van der Waals surface area contributed by atoms with Crippen LogP contribution in [0, 0.1) is 34.1 Å². The molecule has 0 atom stereocenters. The van der Waals surface area contributed by atoms with Gasteiger partial charge in [-0.2, -0.15) is 0 Å². The van der Waals surface area contributed by atoms with Crippen molar-refractivity contribution in [1.82, 2.24) is 56.5 Å². The lowest BCUT2D eigenvalue weighted by Crippen LogP contribution is -2.47. The minimum Gasteiger partial charge on any atom is -0.481 e. The van der Waals surface area contributed by atoms with E-state index in [2.05, 4.69) is 77.7 Å². The van der Waals surface area contributed by atoms with E-state index in [1.54, 1.807) is 49.1 Å². The van der Waals surface area contributed by atoms with Crippen molar-refractivity contribution in [3.05, 3.63) is 206 Å². The summed E-state index contributed by atoms with van der Waals surface area (Å²) in [5.74, 6) is -0.164. The molecule has 30 heteroatoms. The normalized spacial score (nSPS) is 13.9. The molecule has 8 aromatic rings. The molecule has 0 aliphatic carbocycles. The largest absolute Gasteiger partial charge is 0.481 e. The van der Waals surface area contributed by atoms with E-state index in [-0.39, 0.29) is 60.6 Å². The molecule has 2 aromatic carbocycles. The first kappa shape index (κ1) is 70.1. The fraction of sp³-hybridized carbons (Fsp3) is 0.250. The molecular weight excluding hydrogens is 1280 g/mol. The summed E-state index contributed by atoms with van der Waals surface area (Å²) in [6, 6.07) is 36.6. The van der Waals surface area contributed by atoms with E-state index in [1.165, 1.54) is 24.5 Å². The minimum absolute atomic E-state index is 0.00344. The Morgan fingerprint density at radius 1 is 0.532 bits per heavy atom. The van der Waals surface area contributed by atoms with E-state index >= 15 is 0 Å². The molecule has 9 N–H and O–H groups in total. The summed E-state index contributed by atoms with van der Waals surface area (Å²) in [4.78, 5) is 116. The van der Waals surface area contributed by atoms with Gasteiger partial charge >= 0.3 is 17.6 Å². The highest BCUT2D eigenvalue weighted by Crippen LogP contribution is 2.23. The molecule has 488 valence electrons. The van der Waals surface area contributed by atoms with Gasteiger partial charge in [-0.25, -0.2) is 9.97 Å². The second-order valence-corrected chi connectivity index (χ2v) is 21.9. The van der Waals surface area contributed by atoms with Crippen LogP contribution in [0.4, 0.5) is 40.3 Å². The number of hydrogen-bond donors (Lipinski definition) is 8. The molecule has 6 aromatic heterocycles. The molecule has 12 rings (SSSR count). The average molecular weight is 1350 g/mol. The number of benzene rings is 2. The number of nitrogens with one attached hydrogen (secondary N) is 6. The molecule has 0 bridgehead atoms. The van der Waals surface area contributed by atoms with Gasteiger partial charge in [0.1, 0.15) is 11.6 Å². The van der Waals surface area contributed by atoms with E-state index < -0.39 is 15.8 Å². The van der Waals surface area contributed by atoms with Crippen LogP contribution < -0.4 is 52.3 Å².